The van der Waals surface area contributed by atoms with Gasteiger partial charge >= 0.3 is 0 Å². The Morgan fingerprint density at radius 2 is 2.19 bits per heavy atom. The molecule has 0 aliphatic carbocycles. The number of methoxy groups -OCH3 is 1. The van der Waals surface area contributed by atoms with E-state index in [1.165, 1.54) is 11.3 Å². The molecule has 0 saturated heterocycles. The molecule has 1 aromatic heterocycles. The minimum absolute atomic E-state index is 0.232. The molecule has 16 heavy (non-hydrogen) atoms. The Morgan fingerprint density at radius 1 is 1.56 bits per heavy atom. The summed E-state index contributed by atoms with van der Waals surface area (Å²) in [5.74, 6) is 0. The highest BCUT2D eigenvalue weighted by atomic mass is 79.9. The predicted octanol–water partition coefficient (Wildman–Crippen LogP) is 2.21. The highest BCUT2D eigenvalue weighted by molar-refractivity contribution is 9.10. The van der Waals surface area contributed by atoms with Crippen molar-refractivity contribution in [3.63, 3.8) is 0 Å². The number of sulfonamides is 1. The van der Waals surface area contributed by atoms with Crippen LogP contribution in [0.5, 0.6) is 0 Å². The molecule has 0 aliphatic rings. The zero-order valence-electron chi connectivity index (χ0n) is 9.28. The average Bonchev–Trinajstić information content (AvgIpc) is 2.63. The lowest BCUT2D eigenvalue weighted by molar-refractivity contribution is 0.0276. The van der Waals surface area contributed by atoms with Crippen LogP contribution in [0.3, 0.4) is 0 Å². The van der Waals surface area contributed by atoms with Crippen molar-refractivity contribution >= 4 is 37.3 Å². The van der Waals surface area contributed by atoms with Gasteiger partial charge in [-0.25, -0.2) is 13.1 Å². The molecule has 0 bridgehead atoms. The largest absolute Gasteiger partial charge is 0.377 e. The fourth-order valence-electron chi connectivity index (χ4n) is 0.878. The van der Waals surface area contributed by atoms with Gasteiger partial charge in [0.15, 0.2) is 0 Å². The summed E-state index contributed by atoms with van der Waals surface area (Å²) in [6.07, 6.45) is 0. The van der Waals surface area contributed by atoms with E-state index in [-0.39, 0.29) is 6.54 Å². The average molecular weight is 328 g/mol. The molecule has 7 heteroatoms. The highest BCUT2D eigenvalue weighted by Crippen LogP contribution is 2.27. The number of halogens is 1. The van der Waals surface area contributed by atoms with Gasteiger partial charge in [0.25, 0.3) is 10.0 Å². The maximum atomic E-state index is 11.9. The molecule has 1 rings (SSSR count). The molecule has 0 atom stereocenters. The Morgan fingerprint density at radius 3 is 2.62 bits per heavy atom. The second-order valence-electron chi connectivity index (χ2n) is 3.84. The van der Waals surface area contributed by atoms with Crippen molar-refractivity contribution in [2.75, 3.05) is 13.7 Å². The standard InChI is InChI=1S/C9H14BrNO3S2/c1-9(2,14-3)6-11-16(12,13)8-7(10)4-5-15-8/h4-5,11H,6H2,1-3H3. The third-order valence-corrected chi connectivity index (χ3v) is 6.14. The lowest BCUT2D eigenvalue weighted by Crippen LogP contribution is -2.39. The number of thiophene rings is 1. The second kappa shape index (κ2) is 5.14. The monoisotopic (exact) mass is 327 g/mol. The lowest BCUT2D eigenvalue weighted by Gasteiger charge is -2.22. The molecule has 1 aromatic rings. The van der Waals surface area contributed by atoms with E-state index in [2.05, 4.69) is 20.7 Å². The summed E-state index contributed by atoms with van der Waals surface area (Å²) in [6.45, 7) is 3.87. The second-order valence-corrected chi connectivity index (χ2v) is 7.58. The van der Waals surface area contributed by atoms with Gasteiger partial charge in [0.1, 0.15) is 4.21 Å². The molecule has 0 spiro atoms. The summed E-state index contributed by atoms with van der Waals surface area (Å²) in [4.78, 5) is 0. The smallest absolute Gasteiger partial charge is 0.251 e. The summed E-state index contributed by atoms with van der Waals surface area (Å²) in [6, 6.07) is 1.71. The van der Waals surface area contributed by atoms with Crippen LogP contribution in [0.15, 0.2) is 20.1 Å². The summed E-state index contributed by atoms with van der Waals surface area (Å²) in [5.41, 5.74) is -0.517. The highest BCUT2D eigenvalue weighted by Gasteiger charge is 2.23. The van der Waals surface area contributed by atoms with Crippen molar-refractivity contribution in [1.82, 2.24) is 4.72 Å². The quantitative estimate of drug-likeness (QED) is 0.902. The SMILES string of the molecule is COC(C)(C)CNS(=O)(=O)c1sccc1Br. The number of hydrogen-bond donors (Lipinski definition) is 1. The van der Waals surface area contributed by atoms with E-state index in [1.54, 1.807) is 18.6 Å². The fourth-order valence-corrected chi connectivity index (χ4v) is 4.46. The summed E-state index contributed by atoms with van der Waals surface area (Å²) in [5, 5.41) is 1.72. The summed E-state index contributed by atoms with van der Waals surface area (Å²) in [7, 11) is -1.90. The van der Waals surface area contributed by atoms with Crippen molar-refractivity contribution in [2.45, 2.75) is 23.7 Å². The van der Waals surface area contributed by atoms with E-state index in [4.69, 9.17) is 4.74 Å². The molecule has 0 aromatic carbocycles. The first-order chi connectivity index (χ1) is 7.28. The Kier molecular flexibility index (Phi) is 4.53. The van der Waals surface area contributed by atoms with Crippen LogP contribution in [0.2, 0.25) is 0 Å². The van der Waals surface area contributed by atoms with E-state index in [1.807, 2.05) is 13.8 Å². The van der Waals surface area contributed by atoms with Gasteiger partial charge in [0, 0.05) is 18.1 Å². The first kappa shape index (κ1) is 14.1. The third-order valence-electron chi connectivity index (χ3n) is 2.07. The van der Waals surface area contributed by atoms with E-state index in [9.17, 15) is 8.42 Å². The van der Waals surface area contributed by atoms with Crippen LogP contribution in [0, 0.1) is 0 Å². The molecule has 1 heterocycles. The molecule has 0 fully saturated rings. The first-order valence-electron chi connectivity index (χ1n) is 4.56. The van der Waals surface area contributed by atoms with Crippen LogP contribution in [0.4, 0.5) is 0 Å². The van der Waals surface area contributed by atoms with Crippen LogP contribution < -0.4 is 4.72 Å². The maximum Gasteiger partial charge on any atom is 0.251 e. The molecule has 0 radical (unpaired) electrons. The van der Waals surface area contributed by atoms with Gasteiger partial charge in [-0.3, -0.25) is 0 Å². The van der Waals surface area contributed by atoms with Gasteiger partial charge in [-0.05, 0) is 41.2 Å². The molecule has 1 N–H and O–H groups in total. The van der Waals surface area contributed by atoms with Gasteiger partial charge in [-0.1, -0.05) is 0 Å². The van der Waals surface area contributed by atoms with E-state index in [0.29, 0.717) is 8.68 Å². The van der Waals surface area contributed by atoms with Crippen LogP contribution in [0.25, 0.3) is 0 Å². The zero-order valence-corrected chi connectivity index (χ0v) is 12.5. The Hall–Kier alpha value is 0.0500. The van der Waals surface area contributed by atoms with Crippen molar-refractivity contribution in [3.8, 4) is 0 Å². The Bertz CT molecular complexity index is 453. The minimum atomic E-state index is -3.45. The fraction of sp³-hybridized carbons (Fsp3) is 0.556. The van der Waals surface area contributed by atoms with Crippen LogP contribution in [-0.4, -0.2) is 27.7 Å². The van der Waals surface area contributed by atoms with E-state index >= 15 is 0 Å². The topological polar surface area (TPSA) is 55.4 Å². The molecule has 0 aliphatic heterocycles. The minimum Gasteiger partial charge on any atom is -0.377 e. The number of rotatable bonds is 5. The molecule has 0 saturated carbocycles. The van der Waals surface area contributed by atoms with Gasteiger partial charge in [-0.2, -0.15) is 0 Å². The van der Waals surface area contributed by atoms with E-state index in [0.717, 1.165) is 0 Å². The van der Waals surface area contributed by atoms with Crippen molar-refractivity contribution in [1.29, 1.82) is 0 Å². The molecular weight excluding hydrogens is 314 g/mol. The van der Waals surface area contributed by atoms with Crippen molar-refractivity contribution < 1.29 is 13.2 Å². The lowest BCUT2D eigenvalue weighted by atomic mass is 10.1. The number of nitrogens with one attached hydrogen (secondary N) is 1. The molecular formula is C9H14BrNO3S2. The predicted molar refractivity (Wildman–Crippen MR) is 68.3 cm³/mol. The molecule has 4 nitrogen and oxygen atoms in total. The van der Waals surface area contributed by atoms with Crippen LogP contribution in [-0.2, 0) is 14.8 Å². The zero-order chi connectivity index (χ0) is 12.4. The van der Waals surface area contributed by atoms with Crippen molar-refractivity contribution in [2.24, 2.45) is 0 Å². The Labute approximate surface area is 108 Å². The van der Waals surface area contributed by atoms with E-state index < -0.39 is 15.6 Å². The van der Waals surface area contributed by atoms with Gasteiger partial charge in [-0.15, -0.1) is 11.3 Å². The summed E-state index contributed by atoms with van der Waals surface area (Å²) >= 11 is 4.38. The van der Waals surface area contributed by atoms with Gasteiger partial charge in [0.05, 0.1) is 5.60 Å². The molecule has 0 amide bonds. The van der Waals surface area contributed by atoms with Gasteiger partial charge < -0.3 is 4.74 Å². The molecule has 0 unspecified atom stereocenters. The number of ether oxygens (including phenoxy) is 1. The Balaban J connectivity index is 2.79. The van der Waals surface area contributed by atoms with Gasteiger partial charge in [0.2, 0.25) is 0 Å². The number of hydrogen-bond acceptors (Lipinski definition) is 4. The molecule has 92 valence electrons. The van der Waals surface area contributed by atoms with Crippen LogP contribution in [0.1, 0.15) is 13.8 Å². The van der Waals surface area contributed by atoms with Crippen molar-refractivity contribution in [3.05, 3.63) is 15.9 Å². The van der Waals surface area contributed by atoms with Crippen LogP contribution >= 0.6 is 27.3 Å². The third kappa shape index (κ3) is 3.53. The first-order valence-corrected chi connectivity index (χ1v) is 7.72. The normalized spacial score (nSPS) is 13.0. The maximum absolute atomic E-state index is 11.9. The summed E-state index contributed by atoms with van der Waals surface area (Å²) < 4.78 is 32.3.